The maximum atomic E-state index is 12.9. The molecule has 2 aromatic heterocycles. The van der Waals surface area contributed by atoms with Gasteiger partial charge in [-0.05, 0) is 50.6 Å². The van der Waals surface area contributed by atoms with Crippen LogP contribution in [0.3, 0.4) is 0 Å². The van der Waals surface area contributed by atoms with Gasteiger partial charge in [-0.25, -0.2) is 14.6 Å². The summed E-state index contributed by atoms with van der Waals surface area (Å²) >= 11 is 5.94. The first-order chi connectivity index (χ1) is 18.2. The van der Waals surface area contributed by atoms with E-state index >= 15 is 0 Å². The minimum atomic E-state index is -4.65. The monoisotopic (exact) mass is 559 g/mol. The Morgan fingerprint density at radius 2 is 1.77 bits per heavy atom. The number of carbonyl (C=O) groups excluding carboxylic acids is 1. The van der Waals surface area contributed by atoms with Crippen molar-refractivity contribution >= 4 is 34.8 Å². The number of rotatable bonds is 7. The van der Waals surface area contributed by atoms with E-state index in [0.29, 0.717) is 28.2 Å². The van der Waals surface area contributed by atoms with E-state index in [-0.39, 0.29) is 29.5 Å². The number of carbonyl (C=O) groups is 1. The Hall–Kier alpha value is -4.32. The van der Waals surface area contributed by atoms with E-state index < -0.39 is 23.3 Å². The smallest absolute Gasteiger partial charge is 0.434 e. The summed E-state index contributed by atoms with van der Waals surface area (Å²) in [6, 6.07) is 12.0. The molecule has 0 saturated carbocycles. The maximum absolute atomic E-state index is 12.9. The summed E-state index contributed by atoms with van der Waals surface area (Å²) in [5.41, 5.74) is 12.0. The van der Waals surface area contributed by atoms with E-state index in [2.05, 4.69) is 20.4 Å². The number of anilines is 3. The number of nitrogens with zero attached hydrogens (tertiary/aromatic N) is 4. The van der Waals surface area contributed by atoms with Crippen LogP contribution in [0.4, 0.5) is 30.5 Å². The lowest BCUT2D eigenvalue weighted by Gasteiger charge is -2.23. The summed E-state index contributed by atoms with van der Waals surface area (Å²) in [4.78, 5) is 19.9. The third kappa shape index (κ3) is 6.23. The lowest BCUT2D eigenvalue weighted by molar-refractivity contribution is -0.141. The summed E-state index contributed by atoms with van der Waals surface area (Å²) < 4.78 is 46.2. The quantitative estimate of drug-likeness (QED) is 0.245. The van der Waals surface area contributed by atoms with Gasteiger partial charge >= 0.3 is 6.18 Å². The highest BCUT2D eigenvalue weighted by molar-refractivity contribution is 6.30. The lowest BCUT2D eigenvalue weighted by Crippen LogP contribution is -2.25. The molecule has 0 spiro atoms. The summed E-state index contributed by atoms with van der Waals surface area (Å²) in [5, 5.41) is 8.10. The molecule has 0 bridgehead atoms. The van der Waals surface area contributed by atoms with Crippen LogP contribution < -0.4 is 21.5 Å². The minimum Gasteiger partial charge on any atom is -0.487 e. The second-order valence-corrected chi connectivity index (χ2v) is 10.0. The molecule has 9 nitrogen and oxygen atoms in total. The summed E-state index contributed by atoms with van der Waals surface area (Å²) in [7, 11) is 0. The van der Waals surface area contributed by atoms with Gasteiger partial charge in [-0.2, -0.15) is 18.3 Å². The van der Waals surface area contributed by atoms with E-state index in [1.165, 1.54) is 4.68 Å². The number of benzene rings is 2. The largest absolute Gasteiger partial charge is 0.487 e. The first-order valence-corrected chi connectivity index (χ1v) is 12.0. The number of primary amides is 1. The molecule has 0 fully saturated rings. The number of ether oxygens (including phenoxy) is 1. The zero-order valence-electron chi connectivity index (χ0n) is 21.2. The molecule has 0 unspecified atom stereocenters. The third-order valence-electron chi connectivity index (χ3n) is 5.55. The van der Waals surface area contributed by atoms with Crippen molar-refractivity contribution in [2.24, 2.45) is 5.73 Å². The van der Waals surface area contributed by atoms with Crippen molar-refractivity contribution in [2.75, 3.05) is 11.1 Å². The highest BCUT2D eigenvalue weighted by Gasteiger charge is 2.33. The van der Waals surface area contributed by atoms with Gasteiger partial charge in [0.25, 0.3) is 5.91 Å². The van der Waals surface area contributed by atoms with Crippen molar-refractivity contribution in [3.05, 3.63) is 76.7 Å². The maximum Gasteiger partial charge on any atom is 0.434 e. The van der Waals surface area contributed by atoms with Crippen molar-refractivity contribution in [1.29, 1.82) is 0 Å². The highest BCUT2D eigenvalue weighted by Crippen LogP contribution is 2.37. The number of halogens is 4. The van der Waals surface area contributed by atoms with Gasteiger partial charge in [0.15, 0.2) is 5.69 Å². The van der Waals surface area contributed by atoms with Crippen LogP contribution in [0, 0.1) is 0 Å². The van der Waals surface area contributed by atoms with E-state index in [1.54, 1.807) is 30.3 Å². The summed E-state index contributed by atoms with van der Waals surface area (Å²) in [6.45, 7) is 5.72. The van der Waals surface area contributed by atoms with Crippen molar-refractivity contribution in [2.45, 2.75) is 39.1 Å². The van der Waals surface area contributed by atoms with Gasteiger partial charge in [0.05, 0.1) is 23.6 Å². The van der Waals surface area contributed by atoms with Crippen molar-refractivity contribution in [1.82, 2.24) is 19.7 Å². The average molecular weight is 560 g/mol. The van der Waals surface area contributed by atoms with Gasteiger partial charge in [0.2, 0.25) is 0 Å². The number of nitrogens with one attached hydrogen (secondary N) is 1. The molecule has 0 aliphatic heterocycles. The van der Waals surface area contributed by atoms with Crippen molar-refractivity contribution < 1.29 is 22.7 Å². The minimum absolute atomic E-state index is 0.0000422. The van der Waals surface area contributed by atoms with Gasteiger partial charge in [-0.1, -0.05) is 29.8 Å². The molecular weight excluding hydrogens is 535 g/mol. The molecule has 39 heavy (non-hydrogen) atoms. The number of nitrogen functional groups attached to an aromatic ring is 1. The van der Waals surface area contributed by atoms with Crippen LogP contribution in [-0.2, 0) is 18.3 Å². The second kappa shape index (κ2) is 10.4. The Kier molecular flexibility index (Phi) is 7.42. The van der Waals surface area contributed by atoms with E-state index in [4.69, 9.17) is 27.8 Å². The highest BCUT2D eigenvalue weighted by atomic mass is 35.5. The van der Waals surface area contributed by atoms with Gasteiger partial charge in [-0.15, -0.1) is 0 Å². The average Bonchev–Trinajstić information content (AvgIpc) is 3.24. The Morgan fingerprint density at radius 3 is 2.33 bits per heavy atom. The van der Waals surface area contributed by atoms with Crippen LogP contribution in [-0.4, -0.2) is 25.7 Å². The van der Waals surface area contributed by atoms with Crippen LogP contribution in [0.5, 0.6) is 5.75 Å². The van der Waals surface area contributed by atoms with Gasteiger partial charge < -0.3 is 21.5 Å². The third-order valence-corrected chi connectivity index (χ3v) is 5.80. The summed E-state index contributed by atoms with van der Waals surface area (Å²) in [6.07, 6.45) is -3.14. The predicted molar refractivity (Wildman–Crippen MR) is 142 cm³/mol. The molecule has 2 aromatic carbocycles. The standard InChI is InChI=1S/C26H25ClF3N7O2/c1-25(2,3)37-24(35-20-12-33-19(11-34-20)26(28,29)30)21(23(32)38)22(36-37)15-6-9-17(31)18(10-15)39-13-14-4-7-16(27)8-5-14/h4-12H,13,31H2,1-3H3,(H2,32,38)(H,34,35). The lowest BCUT2D eigenvalue weighted by atomic mass is 10.1. The number of amides is 1. The van der Waals surface area contributed by atoms with Crippen molar-refractivity contribution in [3.8, 4) is 17.0 Å². The van der Waals surface area contributed by atoms with E-state index in [0.717, 1.165) is 11.8 Å². The Bertz CT molecular complexity index is 1500. The molecule has 0 aliphatic rings. The molecule has 0 aliphatic carbocycles. The molecule has 0 atom stereocenters. The van der Waals surface area contributed by atoms with Gasteiger partial charge in [0, 0.05) is 10.6 Å². The topological polar surface area (TPSA) is 134 Å². The fourth-order valence-corrected chi connectivity index (χ4v) is 3.79. The molecule has 1 amide bonds. The fraction of sp³-hybridized carbons (Fsp3) is 0.231. The number of aromatic nitrogens is 4. The van der Waals surface area contributed by atoms with Gasteiger partial charge in [0.1, 0.15) is 35.2 Å². The molecule has 204 valence electrons. The molecule has 5 N–H and O–H groups in total. The van der Waals surface area contributed by atoms with E-state index in [9.17, 15) is 18.0 Å². The van der Waals surface area contributed by atoms with E-state index in [1.807, 2.05) is 32.9 Å². The van der Waals surface area contributed by atoms with Gasteiger partial charge in [-0.3, -0.25) is 4.79 Å². The Morgan fingerprint density at radius 1 is 1.08 bits per heavy atom. The second-order valence-electron chi connectivity index (χ2n) is 9.60. The molecule has 0 saturated heterocycles. The first kappa shape index (κ1) is 27.7. The molecule has 0 radical (unpaired) electrons. The summed E-state index contributed by atoms with van der Waals surface area (Å²) in [5.74, 6) is -0.360. The number of alkyl halides is 3. The van der Waals surface area contributed by atoms with Crippen LogP contribution in [0.25, 0.3) is 11.3 Å². The number of hydrogen-bond acceptors (Lipinski definition) is 7. The Labute approximate surface area is 227 Å². The normalized spacial score (nSPS) is 11.9. The molecule has 4 aromatic rings. The predicted octanol–water partition coefficient (Wildman–Crippen LogP) is 5.77. The zero-order chi connectivity index (χ0) is 28.5. The van der Waals surface area contributed by atoms with Crippen molar-refractivity contribution in [3.63, 3.8) is 0 Å². The molecule has 4 rings (SSSR count). The number of hydrogen-bond donors (Lipinski definition) is 3. The van der Waals surface area contributed by atoms with Crippen LogP contribution in [0.15, 0.2) is 54.9 Å². The molecular formula is C26H25ClF3N7O2. The molecule has 13 heteroatoms. The first-order valence-electron chi connectivity index (χ1n) is 11.6. The van der Waals surface area contributed by atoms with Crippen LogP contribution in [0.2, 0.25) is 5.02 Å². The van der Waals surface area contributed by atoms with Crippen LogP contribution >= 0.6 is 11.6 Å². The fourth-order valence-electron chi connectivity index (χ4n) is 3.66. The molecule has 2 heterocycles. The zero-order valence-corrected chi connectivity index (χ0v) is 21.9. The SMILES string of the molecule is CC(C)(C)n1nc(-c2ccc(N)c(OCc3ccc(Cl)cc3)c2)c(C(N)=O)c1Nc1cnc(C(F)(F)F)cn1. The van der Waals surface area contributed by atoms with Crippen LogP contribution in [0.1, 0.15) is 42.4 Å². The Balaban J connectivity index is 1.75. The number of nitrogens with two attached hydrogens (primary N) is 2.